The molecule has 0 saturated carbocycles. The molecule has 0 bridgehead atoms. The maximum absolute atomic E-state index is 12.5. The van der Waals surface area contributed by atoms with Crippen LogP contribution >= 0.6 is 0 Å². The van der Waals surface area contributed by atoms with E-state index in [0.29, 0.717) is 17.4 Å². The van der Waals surface area contributed by atoms with Crippen LogP contribution in [0.15, 0.2) is 33.9 Å². The lowest BCUT2D eigenvalue weighted by molar-refractivity contribution is 0.412. The van der Waals surface area contributed by atoms with E-state index in [0.717, 1.165) is 16.8 Å². The van der Waals surface area contributed by atoms with Gasteiger partial charge in [0.15, 0.2) is 0 Å². The molecule has 1 atom stereocenters. The lowest BCUT2D eigenvalue weighted by Gasteiger charge is -2.24. The lowest BCUT2D eigenvalue weighted by Crippen LogP contribution is -2.30. The summed E-state index contributed by atoms with van der Waals surface area (Å²) < 4.78 is 5.66. The fourth-order valence-corrected chi connectivity index (χ4v) is 3.30. The summed E-state index contributed by atoms with van der Waals surface area (Å²) in [6, 6.07) is 8.14. The quantitative estimate of drug-likeness (QED) is 0.522. The highest BCUT2D eigenvalue weighted by molar-refractivity contribution is 5.55. The fraction of sp³-hybridized carbons (Fsp3) is 0.278. The first kappa shape index (κ1) is 15.4. The van der Waals surface area contributed by atoms with Gasteiger partial charge in [0.1, 0.15) is 0 Å². The van der Waals surface area contributed by atoms with Crippen molar-refractivity contribution in [1.29, 1.82) is 0 Å². The third-order valence-corrected chi connectivity index (χ3v) is 4.62. The number of hydrogen-bond donors (Lipinski definition) is 3. The molecule has 0 amide bonds. The van der Waals surface area contributed by atoms with Crippen LogP contribution in [0.3, 0.4) is 0 Å². The van der Waals surface area contributed by atoms with Crippen LogP contribution in [0.2, 0.25) is 0 Å². The molecule has 4 rings (SSSR count). The predicted octanol–water partition coefficient (Wildman–Crippen LogP) is 2.50. The molecular formula is C18H18N4O3. The molecule has 1 aliphatic rings. The van der Waals surface area contributed by atoms with Crippen molar-refractivity contribution in [3.63, 3.8) is 0 Å². The maximum atomic E-state index is 12.5. The first-order valence-electron chi connectivity index (χ1n) is 8.14. The highest BCUT2D eigenvalue weighted by Gasteiger charge is 2.35. The van der Waals surface area contributed by atoms with E-state index in [9.17, 15) is 9.59 Å². The Hall–Kier alpha value is -3.09. The number of nitrogens with zero attached hydrogens (tertiary/aromatic N) is 1. The van der Waals surface area contributed by atoms with Gasteiger partial charge < -0.3 is 4.74 Å². The normalized spacial score (nSPS) is 15.6. The van der Waals surface area contributed by atoms with Crippen LogP contribution in [0, 0.1) is 6.92 Å². The van der Waals surface area contributed by atoms with Gasteiger partial charge in [-0.1, -0.05) is 38.1 Å². The van der Waals surface area contributed by atoms with Crippen LogP contribution < -0.4 is 16.0 Å². The van der Waals surface area contributed by atoms with E-state index in [1.807, 2.05) is 19.1 Å². The van der Waals surface area contributed by atoms with Gasteiger partial charge >= 0.3 is 5.69 Å². The van der Waals surface area contributed by atoms with Crippen molar-refractivity contribution >= 4 is 0 Å². The average molecular weight is 338 g/mol. The largest absolute Gasteiger partial charge is 0.420 e. The van der Waals surface area contributed by atoms with Crippen LogP contribution in [0.1, 0.15) is 53.6 Å². The van der Waals surface area contributed by atoms with Crippen LogP contribution in [0.5, 0.6) is 11.8 Å². The predicted molar refractivity (Wildman–Crippen MR) is 92.6 cm³/mol. The van der Waals surface area contributed by atoms with Gasteiger partial charge in [0.2, 0.25) is 11.8 Å². The van der Waals surface area contributed by atoms with E-state index in [1.54, 1.807) is 0 Å². The van der Waals surface area contributed by atoms with E-state index in [2.05, 4.69) is 46.1 Å². The molecule has 7 heteroatoms. The Labute approximate surface area is 143 Å². The molecule has 7 nitrogen and oxygen atoms in total. The summed E-state index contributed by atoms with van der Waals surface area (Å²) in [7, 11) is 0. The van der Waals surface area contributed by atoms with Gasteiger partial charge in [0, 0.05) is 11.3 Å². The minimum Gasteiger partial charge on any atom is -0.420 e. The second kappa shape index (κ2) is 5.47. The Bertz CT molecular complexity index is 1060. The molecule has 128 valence electrons. The molecule has 1 aromatic carbocycles. The Morgan fingerprint density at radius 3 is 2.48 bits per heavy atom. The Kier molecular flexibility index (Phi) is 3.38. The van der Waals surface area contributed by atoms with E-state index >= 15 is 0 Å². The van der Waals surface area contributed by atoms with E-state index in [4.69, 9.17) is 4.74 Å². The highest BCUT2D eigenvalue weighted by Crippen LogP contribution is 2.44. The number of hydrogen-bond acceptors (Lipinski definition) is 4. The fourth-order valence-electron chi connectivity index (χ4n) is 3.30. The molecule has 2 aromatic heterocycles. The van der Waals surface area contributed by atoms with Gasteiger partial charge in [-0.05, 0) is 24.0 Å². The molecule has 1 unspecified atom stereocenters. The lowest BCUT2D eigenvalue weighted by atomic mass is 9.84. The number of aromatic nitrogens is 4. The topological polar surface area (TPSA) is 104 Å². The van der Waals surface area contributed by atoms with Crippen LogP contribution in [-0.2, 0) is 0 Å². The number of fused-ring (bicyclic) bond motifs is 2. The molecule has 0 saturated heterocycles. The molecule has 0 radical (unpaired) electrons. The van der Waals surface area contributed by atoms with E-state index in [-0.39, 0.29) is 11.8 Å². The number of ether oxygens (including phenoxy) is 1. The van der Waals surface area contributed by atoms with Gasteiger partial charge in [-0.2, -0.15) is 0 Å². The van der Waals surface area contributed by atoms with Crippen LogP contribution in [0.25, 0.3) is 0 Å². The zero-order valence-electron chi connectivity index (χ0n) is 14.1. The molecule has 0 spiro atoms. The van der Waals surface area contributed by atoms with Crippen LogP contribution in [0.4, 0.5) is 0 Å². The molecule has 3 aromatic rings. The number of aromatic amines is 3. The SMILES string of the molecule is Cc1[nH]nc2c1C(c1ccc(C(C)C)cc1)c1c([nH]c(=O)[nH]c1=O)O2. The zero-order chi connectivity index (χ0) is 17.7. The summed E-state index contributed by atoms with van der Waals surface area (Å²) in [4.78, 5) is 29.0. The second-order valence-electron chi connectivity index (χ2n) is 6.57. The first-order chi connectivity index (χ1) is 12.0. The van der Waals surface area contributed by atoms with Crippen LogP contribution in [-0.4, -0.2) is 20.2 Å². The summed E-state index contributed by atoms with van der Waals surface area (Å²) in [5.41, 5.74) is 3.12. The summed E-state index contributed by atoms with van der Waals surface area (Å²) >= 11 is 0. The number of aryl methyl sites for hydroxylation is 1. The number of rotatable bonds is 2. The van der Waals surface area contributed by atoms with Gasteiger partial charge in [-0.25, -0.2) is 4.79 Å². The number of nitrogens with one attached hydrogen (secondary N) is 3. The van der Waals surface area contributed by atoms with Crippen molar-refractivity contribution in [3.05, 3.63) is 73.1 Å². The van der Waals surface area contributed by atoms with Gasteiger partial charge in [0.05, 0.1) is 11.5 Å². The minimum atomic E-state index is -0.603. The Balaban J connectivity index is 1.96. The van der Waals surface area contributed by atoms with Crippen molar-refractivity contribution in [2.45, 2.75) is 32.6 Å². The molecule has 3 N–H and O–H groups in total. The zero-order valence-corrected chi connectivity index (χ0v) is 14.1. The molecule has 25 heavy (non-hydrogen) atoms. The smallest absolute Gasteiger partial charge is 0.328 e. The third-order valence-electron chi connectivity index (χ3n) is 4.62. The summed E-state index contributed by atoms with van der Waals surface area (Å²) in [5, 5.41) is 7.05. The van der Waals surface area contributed by atoms with Crippen molar-refractivity contribution < 1.29 is 4.74 Å². The number of benzene rings is 1. The molecule has 0 fully saturated rings. The molecule has 1 aliphatic heterocycles. The van der Waals surface area contributed by atoms with Crippen molar-refractivity contribution in [1.82, 2.24) is 20.2 Å². The van der Waals surface area contributed by atoms with Crippen molar-refractivity contribution in [2.24, 2.45) is 0 Å². The Morgan fingerprint density at radius 1 is 1.08 bits per heavy atom. The Morgan fingerprint density at radius 2 is 1.80 bits per heavy atom. The van der Waals surface area contributed by atoms with Crippen molar-refractivity contribution in [3.8, 4) is 11.8 Å². The second-order valence-corrected chi connectivity index (χ2v) is 6.57. The van der Waals surface area contributed by atoms with E-state index in [1.165, 1.54) is 5.56 Å². The highest BCUT2D eigenvalue weighted by atomic mass is 16.5. The minimum absolute atomic E-state index is 0.144. The summed E-state index contributed by atoms with van der Waals surface area (Å²) in [6.07, 6.45) is 0. The van der Waals surface area contributed by atoms with Gasteiger partial charge in [-0.15, -0.1) is 5.10 Å². The average Bonchev–Trinajstić information content (AvgIpc) is 2.93. The van der Waals surface area contributed by atoms with Gasteiger partial charge in [-0.3, -0.25) is 19.9 Å². The van der Waals surface area contributed by atoms with Crippen molar-refractivity contribution in [2.75, 3.05) is 0 Å². The standard InChI is InChI=1S/C18H18N4O3/c1-8(2)10-4-6-11(7-5-10)13-12-9(3)21-22-17(12)25-16-14(13)15(23)19-18(24)20-16/h4-8,13H,1-3H3,(H,21,22)(H2,19,20,23,24). The van der Waals surface area contributed by atoms with E-state index < -0.39 is 11.2 Å². The molecule has 0 aliphatic carbocycles. The molecule has 3 heterocycles. The monoisotopic (exact) mass is 338 g/mol. The number of H-pyrrole nitrogens is 3. The molecular weight excluding hydrogens is 320 g/mol. The third kappa shape index (κ3) is 2.39. The van der Waals surface area contributed by atoms with Gasteiger partial charge in [0.25, 0.3) is 5.56 Å². The first-order valence-corrected chi connectivity index (χ1v) is 8.14. The summed E-state index contributed by atoms with van der Waals surface area (Å²) in [6.45, 7) is 6.15. The maximum Gasteiger partial charge on any atom is 0.328 e. The summed E-state index contributed by atoms with van der Waals surface area (Å²) in [5.74, 6) is 0.580.